The molecule has 0 atom stereocenters. The van der Waals surface area contributed by atoms with Crippen molar-refractivity contribution in [2.75, 3.05) is 6.61 Å². The molecule has 0 spiro atoms. The van der Waals surface area contributed by atoms with Crippen molar-refractivity contribution in [2.45, 2.75) is 83.7 Å². The largest absolute Gasteiger partial charge is 0.464 e. The first-order valence-corrected chi connectivity index (χ1v) is 11.9. The Hall–Kier alpha value is -2.97. The van der Waals surface area contributed by atoms with Gasteiger partial charge in [0, 0.05) is 18.2 Å². The van der Waals surface area contributed by atoms with E-state index in [1.807, 2.05) is 13.8 Å². The van der Waals surface area contributed by atoms with Gasteiger partial charge in [-0.2, -0.15) is 0 Å². The summed E-state index contributed by atoms with van der Waals surface area (Å²) in [7, 11) is 0. The molecule has 0 bridgehead atoms. The van der Waals surface area contributed by atoms with Crippen molar-refractivity contribution in [2.24, 2.45) is 5.92 Å². The van der Waals surface area contributed by atoms with Gasteiger partial charge in [0.15, 0.2) is 5.65 Å². The molecule has 4 rings (SSSR count). The van der Waals surface area contributed by atoms with Crippen LogP contribution < -0.4 is 16.6 Å². The van der Waals surface area contributed by atoms with Crippen LogP contribution in [0.3, 0.4) is 0 Å². The number of fused-ring (bicyclic) bond motifs is 1. The zero-order chi connectivity index (χ0) is 23.8. The van der Waals surface area contributed by atoms with Gasteiger partial charge in [-0.15, -0.1) is 0 Å². The lowest BCUT2D eigenvalue weighted by Crippen LogP contribution is -2.56. The number of carbonyl (C=O) groups excluding carboxylic acids is 2. The van der Waals surface area contributed by atoms with Crippen LogP contribution >= 0.6 is 0 Å². The van der Waals surface area contributed by atoms with E-state index in [1.165, 1.54) is 4.57 Å². The molecule has 2 aromatic heterocycles. The zero-order valence-corrected chi connectivity index (χ0v) is 19.5. The standard InChI is InChI=1S/C24H32N4O5/c1-4-33-22(31)24(10-6-5-7-11-24)27-20(29)16-12-17(15-8-9-15)25-19-18(16)21(30)26-23(32)28(19)13-14(2)3/h12,14-15H,4-11,13H2,1-3H3,(H,27,29)(H,26,30,32). The van der Waals surface area contributed by atoms with Gasteiger partial charge in [0.05, 0.1) is 17.6 Å². The number of aromatic amines is 1. The molecule has 9 heteroatoms. The number of hydrogen-bond donors (Lipinski definition) is 2. The van der Waals surface area contributed by atoms with E-state index < -0.39 is 28.7 Å². The van der Waals surface area contributed by atoms with Crippen LogP contribution in [0.25, 0.3) is 11.0 Å². The van der Waals surface area contributed by atoms with Crippen LogP contribution in [0.15, 0.2) is 15.7 Å². The van der Waals surface area contributed by atoms with Crippen molar-refractivity contribution in [3.63, 3.8) is 0 Å². The number of carbonyl (C=O) groups is 2. The summed E-state index contributed by atoms with van der Waals surface area (Å²) in [5, 5.41) is 3.01. The monoisotopic (exact) mass is 456 g/mol. The fraction of sp³-hybridized carbons (Fsp3) is 0.625. The molecular weight excluding hydrogens is 424 g/mol. The normalized spacial score (nSPS) is 17.8. The summed E-state index contributed by atoms with van der Waals surface area (Å²) in [5.74, 6) is -0.615. The summed E-state index contributed by atoms with van der Waals surface area (Å²) in [5.41, 5.74) is -1.23. The fourth-order valence-electron chi connectivity index (χ4n) is 4.68. The molecule has 2 aliphatic rings. The van der Waals surface area contributed by atoms with E-state index in [0.717, 1.165) is 32.1 Å². The summed E-state index contributed by atoms with van der Waals surface area (Å²) in [4.78, 5) is 59.0. The van der Waals surface area contributed by atoms with E-state index in [2.05, 4.69) is 15.3 Å². The SMILES string of the molecule is CCOC(=O)C1(NC(=O)c2cc(C3CC3)nc3c2c(=O)[nH]c(=O)n3CC(C)C)CCCCC1. The summed E-state index contributed by atoms with van der Waals surface area (Å²) in [6, 6.07) is 1.65. The van der Waals surface area contributed by atoms with Gasteiger partial charge in [0.2, 0.25) is 0 Å². The topological polar surface area (TPSA) is 123 Å². The molecule has 2 N–H and O–H groups in total. The van der Waals surface area contributed by atoms with E-state index in [-0.39, 0.29) is 35.0 Å². The Labute approximate surface area is 191 Å². The van der Waals surface area contributed by atoms with Gasteiger partial charge in [-0.3, -0.25) is 19.1 Å². The van der Waals surface area contributed by atoms with Crippen molar-refractivity contribution in [3.05, 3.63) is 38.2 Å². The number of hydrogen-bond acceptors (Lipinski definition) is 6. The van der Waals surface area contributed by atoms with E-state index in [9.17, 15) is 19.2 Å². The second kappa shape index (κ2) is 9.11. The molecule has 0 aromatic carbocycles. The number of rotatable bonds is 7. The first-order valence-electron chi connectivity index (χ1n) is 11.9. The van der Waals surface area contributed by atoms with Crippen LogP contribution in [-0.2, 0) is 16.1 Å². The number of ether oxygens (including phenoxy) is 1. The van der Waals surface area contributed by atoms with E-state index in [1.54, 1.807) is 13.0 Å². The second-order valence-electron chi connectivity index (χ2n) is 9.65. The van der Waals surface area contributed by atoms with Gasteiger partial charge in [-0.1, -0.05) is 33.1 Å². The zero-order valence-electron chi connectivity index (χ0n) is 19.5. The molecule has 0 saturated heterocycles. The highest BCUT2D eigenvalue weighted by Gasteiger charge is 2.43. The highest BCUT2D eigenvalue weighted by atomic mass is 16.5. The van der Waals surface area contributed by atoms with Crippen LogP contribution in [0.4, 0.5) is 0 Å². The lowest BCUT2D eigenvalue weighted by molar-refractivity contribution is -0.152. The Morgan fingerprint density at radius 1 is 1.24 bits per heavy atom. The first kappa shape index (κ1) is 23.2. The maximum atomic E-state index is 13.6. The van der Waals surface area contributed by atoms with Crippen molar-refractivity contribution in [1.29, 1.82) is 0 Å². The third kappa shape index (κ3) is 4.58. The third-order valence-corrected chi connectivity index (χ3v) is 6.48. The van der Waals surface area contributed by atoms with Gasteiger partial charge in [0.25, 0.3) is 11.5 Å². The first-order chi connectivity index (χ1) is 15.8. The number of aromatic nitrogens is 3. The van der Waals surface area contributed by atoms with Crippen LogP contribution in [-0.4, -0.2) is 38.6 Å². The predicted molar refractivity (Wildman–Crippen MR) is 123 cm³/mol. The fourth-order valence-corrected chi connectivity index (χ4v) is 4.68. The second-order valence-corrected chi connectivity index (χ2v) is 9.65. The number of pyridine rings is 1. The Bertz CT molecular complexity index is 1190. The van der Waals surface area contributed by atoms with Gasteiger partial charge < -0.3 is 10.1 Å². The minimum Gasteiger partial charge on any atom is -0.464 e. The van der Waals surface area contributed by atoms with Gasteiger partial charge in [-0.25, -0.2) is 14.6 Å². The number of nitrogens with zero attached hydrogens (tertiary/aromatic N) is 2. The number of amides is 1. The molecule has 33 heavy (non-hydrogen) atoms. The molecule has 2 heterocycles. The Morgan fingerprint density at radius 3 is 2.55 bits per heavy atom. The Morgan fingerprint density at radius 2 is 1.94 bits per heavy atom. The van der Waals surface area contributed by atoms with Gasteiger partial charge >= 0.3 is 11.7 Å². The summed E-state index contributed by atoms with van der Waals surface area (Å²) < 4.78 is 6.74. The van der Waals surface area contributed by atoms with Crippen molar-refractivity contribution in [1.82, 2.24) is 19.9 Å². The van der Waals surface area contributed by atoms with Crippen LogP contribution in [0.5, 0.6) is 0 Å². The predicted octanol–water partition coefficient (Wildman–Crippen LogP) is 2.61. The minimum absolute atomic E-state index is 0.0759. The molecule has 0 radical (unpaired) electrons. The maximum absolute atomic E-state index is 13.6. The lowest BCUT2D eigenvalue weighted by Gasteiger charge is -2.35. The summed E-state index contributed by atoms with van der Waals surface area (Å²) >= 11 is 0. The van der Waals surface area contributed by atoms with Crippen molar-refractivity contribution >= 4 is 22.9 Å². The molecule has 178 valence electrons. The van der Waals surface area contributed by atoms with E-state index in [0.29, 0.717) is 25.1 Å². The summed E-state index contributed by atoms with van der Waals surface area (Å²) in [6.45, 7) is 6.26. The van der Waals surface area contributed by atoms with E-state index in [4.69, 9.17) is 4.74 Å². The average molecular weight is 457 g/mol. The Balaban J connectivity index is 1.85. The maximum Gasteiger partial charge on any atom is 0.331 e. The summed E-state index contributed by atoms with van der Waals surface area (Å²) in [6.07, 6.45) is 5.47. The molecule has 9 nitrogen and oxygen atoms in total. The van der Waals surface area contributed by atoms with Crippen LogP contribution in [0.1, 0.15) is 87.7 Å². The highest BCUT2D eigenvalue weighted by Crippen LogP contribution is 2.40. The molecule has 2 aromatic rings. The molecule has 0 unspecified atom stereocenters. The quantitative estimate of drug-likeness (QED) is 0.618. The highest BCUT2D eigenvalue weighted by molar-refractivity contribution is 6.07. The molecular formula is C24H32N4O5. The molecule has 2 fully saturated rings. The smallest absolute Gasteiger partial charge is 0.331 e. The van der Waals surface area contributed by atoms with Gasteiger partial charge in [0.1, 0.15) is 5.54 Å². The lowest BCUT2D eigenvalue weighted by atomic mass is 9.81. The van der Waals surface area contributed by atoms with Crippen LogP contribution in [0, 0.1) is 5.92 Å². The van der Waals surface area contributed by atoms with Crippen LogP contribution in [0.2, 0.25) is 0 Å². The molecule has 0 aliphatic heterocycles. The van der Waals surface area contributed by atoms with Crippen molar-refractivity contribution < 1.29 is 14.3 Å². The minimum atomic E-state index is -1.11. The third-order valence-electron chi connectivity index (χ3n) is 6.48. The molecule has 2 saturated carbocycles. The molecule has 1 amide bonds. The van der Waals surface area contributed by atoms with E-state index >= 15 is 0 Å². The van der Waals surface area contributed by atoms with Gasteiger partial charge in [-0.05, 0) is 44.6 Å². The number of esters is 1. The van der Waals surface area contributed by atoms with Crippen molar-refractivity contribution in [3.8, 4) is 0 Å². The molecule has 2 aliphatic carbocycles. The average Bonchev–Trinajstić information content (AvgIpc) is 3.62. The number of nitrogens with one attached hydrogen (secondary N) is 2. The Kier molecular flexibility index (Phi) is 6.41. The number of H-pyrrole nitrogens is 1.